The molecule has 1 aromatic rings. The summed E-state index contributed by atoms with van der Waals surface area (Å²) in [5.41, 5.74) is 1.42. The number of rotatable bonds is 11. The van der Waals surface area contributed by atoms with Crippen LogP contribution in [0.3, 0.4) is 0 Å². The van der Waals surface area contributed by atoms with Crippen LogP contribution in [0.2, 0.25) is 0 Å². The standard InChI is InChI=1S/C29H38N3O9P/c1-3-24(33)21(13-17-7-5-11-25(17)34)30-28(35)27-19-9-4-8-18(19)15-31(27)29(36)23-14-20-22(10-6-12-26(20)40-2)32(23)16-41-42(37,38)39/h6,10,12,17-19,21,27H,3-5,7-9,11,13-16H2,1-2H3,(H2-,30,35,37,38,39)/p+1/t17-,18-,19-,21-,27-/m0/s1. The van der Waals surface area contributed by atoms with Gasteiger partial charge in [-0.15, -0.1) is 0 Å². The van der Waals surface area contributed by atoms with Crippen LogP contribution in [0, 0.1) is 17.8 Å². The van der Waals surface area contributed by atoms with Crippen LogP contribution in [0.4, 0.5) is 5.69 Å². The SMILES string of the molecule is CCC(=O)[C@H](C[C@@H]1CCCC1=O)NC(=O)[C@@H]1[C@H]2CCC[C@H]2CN1C(=O)C1=[N+](COP(=O)(O)O)c2cccc(OC)c2C1. The number of phosphoric ester groups is 1. The van der Waals surface area contributed by atoms with Crippen molar-refractivity contribution >= 4 is 42.6 Å². The quantitative estimate of drug-likeness (QED) is 0.254. The zero-order valence-electron chi connectivity index (χ0n) is 24.0. The summed E-state index contributed by atoms with van der Waals surface area (Å²) < 4.78 is 23.3. The molecule has 0 spiro atoms. The fourth-order valence-corrected chi connectivity index (χ4v) is 7.53. The molecule has 3 N–H and O–H groups in total. The summed E-state index contributed by atoms with van der Waals surface area (Å²) in [6.07, 6.45) is 5.19. The summed E-state index contributed by atoms with van der Waals surface area (Å²) in [5, 5.41) is 2.93. The number of benzene rings is 1. The number of phosphoric acid groups is 1. The van der Waals surface area contributed by atoms with Gasteiger partial charge in [-0.25, -0.2) is 9.09 Å². The molecule has 12 nitrogen and oxygen atoms in total. The molecular weight excluding hydrogens is 565 g/mol. The number of methoxy groups -OCH3 is 1. The molecule has 2 amide bonds. The Bertz CT molecular complexity index is 1360. The number of hydrogen-bond donors (Lipinski definition) is 3. The zero-order valence-corrected chi connectivity index (χ0v) is 24.9. The lowest BCUT2D eigenvalue weighted by Gasteiger charge is -2.29. The van der Waals surface area contributed by atoms with E-state index >= 15 is 0 Å². The van der Waals surface area contributed by atoms with Gasteiger partial charge >= 0.3 is 13.7 Å². The van der Waals surface area contributed by atoms with Gasteiger partial charge in [0.15, 0.2) is 5.78 Å². The molecule has 2 saturated carbocycles. The Morgan fingerprint density at radius 1 is 1.19 bits per heavy atom. The number of nitrogens with zero attached hydrogens (tertiary/aromatic N) is 2. The van der Waals surface area contributed by atoms with Crippen LogP contribution in [-0.2, 0) is 34.7 Å². The lowest BCUT2D eigenvalue weighted by atomic mass is 9.91. The molecule has 4 aliphatic rings. The first-order chi connectivity index (χ1) is 20.0. The van der Waals surface area contributed by atoms with Crippen LogP contribution in [-0.4, -0.2) is 80.8 Å². The van der Waals surface area contributed by atoms with E-state index in [9.17, 15) is 33.5 Å². The number of fused-ring (bicyclic) bond motifs is 2. The van der Waals surface area contributed by atoms with Gasteiger partial charge in [-0.2, -0.15) is 4.58 Å². The van der Waals surface area contributed by atoms with E-state index in [4.69, 9.17) is 9.26 Å². The fraction of sp³-hybridized carbons (Fsp3) is 0.621. The van der Waals surface area contributed by atoms with Crippen molar-refractivity contribution in [1.82, 2.24) is 10.2 Å². The minimum absolute atomic E-state index is 0.0712. The molecule has 228 valence electrons. The predicted molar refractivity (Wildman–Crippen MR) is 150 cm³/mol. The maximum Gasteiger partial charge on any atom is 0.474 e. The lowest BCUT2D eigenvalue weighted by Crippen LogP contribution is -2.54. The Labute approximate surface area is 244 Å². The second-order valence-electron chi connectivity index (χ2n) is 11.7. The molecule has 5 atom stereocenters. The van der Waals surface area contributed by atoms with E-state index in [1.165, 1.54) is 11.7 Å². The maximum atomic E-state index is 14.3. The molecule has 1 aromatic carbocycles. The Kier molecular flexibility index (Phi) is 8.99. The molecule has 2 aliphatic heterocycles. The molecule has 0 aromatic heterocycles. The average molecular weight is 605 g/mol. The van der Waals surface area contributed by atoms with E-state index in [0.717, 1.165) is 25.7 Å². The predicted octanol–water partition coefficient (Wildman–Crippen LogP) is 2.25. The summed E-state index contributed by atoms with van der Waals surface area (Å²) in [6, 6.07) is 3.57. The summed E-state index contributed by atoms with van der Waals surface area (Å²) >= 11 is 0. The molecule has 0 radical (unpaired) electrons. The van der Waals surface area contributed by atoms with Gasteiger partial charge in [0.2, 0.25) is 11.6 Å². The number of ether oxygens (including phenoxy) is 1. The minimum Gasteiger partial charge on any atom is -0.496 e. The van der Waals surface area contributed by atoms with E-state index in [2.05, 4.69) is 5.32 Å². The lowest BCUT2D eigenvalue weighted by molar-refractivity contribution is -0.476. The van der Waals surface area contributed by atoms with Crippen molar-refractivity contribution in [3.8, 4) is 5.75 Å². The number of carbonyl (C=O) groups excluding carboxylic acids is 4. The molecule has 2 heterocycles. The van der Waals surface area contributed by atoms with Gasteiger partial charge in [0.25, 0.3) is 12.4 Å². The van der Waals surface area contributed by atoms with E-state index in [1.807, 2.05) is 0 Å². The molecule has 0 unspecified atom stereocenters. The van der Waals surface area contributed by atoms with E-state index in [0.29, 0.717) is 36.4 Å². The second-order valence-corrected chi connectivity index (χ2v) is 12.9. The van der Waals surface area contributed by atoms with E-state index < -0.39 is 38.5 Å². The largest absolute Gasteiger partial charge is 0.496 e. The van der Waals surface area contributed by atoms with Crippen LogP contribution < -0.4 is 10.1 Å². The molecule has 42 heavy (non-hydrogen) atoms. The monoisotopic (exact) mass is 604 g/mol. The smallest absolute Gasteiger partial charge is 0.474 e. The Balaban J connectivity index is 1.44. The zero-order chi connectivity index (χ0) is 30.2. The van der Waals surface area contributed by atoms with Crippen molar-refractivity contribution in [2.24, 2.45) is 17.8 Å². The van der Waals surface area contributed by atoms with Crippen molar-refractivity contribution in [2.45, 2.75) is 76.8 Å². The summed E-state index contributed by atoms with van der Waals surface area (Å²) in [4.78, 5) is 73.7. The number of nitrogens with one attached hydrogen (secondary N) is 1. The van der Waals surface area contributed by atoms with Gasteiger partial charge in [0, 0.05) is 31.4 Å². The molecule has 3 fully saturated rings. The van der Waals surface area contributed by atoms with Crippen LogP contribution in [0.25, 0.3) is 0 Å². The second kappa shape index (κ2) is 12.4. The van der Waals surface area contributed by atoms with Crippen LogP contribution >= 0.6 is 7.82 Å². The number of Topliss-reactive ketones (excluding diaryl/α,β-unsaturated/α-hetero) is 2. The van der Waals surface area contributed by atoms with Gasteiger partial charge in [0.1, 0.15) is 17.6 Å². The van der Waals surface area contributed by atoms with Crippen molar-refractivity contribution in [3.63, 3.8) is 0 Å². The third-order valence-electron chi connectivity index (χ3n) is 9.32. The van der Waals surface area contributed by atoms with Crippen LogP contribution in [0.15, 0.2) is 18.2 Å². The highest BCUT2D eigenvalue weighted by molar-refractivity contribution is 7.46. The van der Waals surface area contributed by atoms with Crippen molar-refractivity contribution < 1.29 is 47.4 Å². The number of ketones is 2. The third kappa shape index (κ3) is 6.08. The van der Waals surface area contributed by atoms with E-state index in [1.54, 1.807) is 30.0 Å². The maximum absolute atomic E-state index is 14.3. The molecule has 13 heteroatoms. The van der Waals surface area contributed by atoms with Gasteiger partial charge in [-0.3, -0.25) is 19.2 Å². The number of carbonyl (C=O) groups is 4. The molecular formula is C29H39N3O9P+. The van der Waals surface area contributed by atoms with Gasteiger partial charge in [-0.05, 0) is 50.0 Å². The van der Waals surface area contributed by atoms with Crippen molar-refractivity contribution in [2.75, 3.05) is 20.4 Å². The number of hydrogen-bond acceptors (Lipinski definition) is 7. The summed E-state index contributed by atoms with van der Waals surface area (Å²) in [5.74, 6) is -0.531. The molecule has 2 aliphatic carbocycles. The van der Waals surface area contributed by atoms with Crippen LogP contribution in [0.5, 0.6) is 5.75 Å². The average Bonchev–Trinajstić information content (AvgIpc) is 3.73. The highest BCUT2D eigenvalue weighted by Gasteiger charge is 2.52. The molecule has 5 rings (SSSR count). The minimum atomic E-state index is -4.85. The first-order valence-corrected chi connectivity index (χ1v) is 16.2. The Morgan fingerprint density at radius 3 is 2.64 bits per heavy atom. The Hall–Kier alpha value is -2.92. The molecule has 0 bridgehead atoms. The van der Waals surface area contributed by atoms with Crippen molar-refractivity contribution in [3.05, 3.63) is 23.8 Å². The number of likely N-dealkylation sites (tertiary alicyclic amines) is 1. The fourth-order valence-electron chi connectivity index (χ4n) is 7.27. The highest BCUT2D eigenvalue weighted by atomic mass is 31.2. The van der Waals surface area contributed by atoms with Gasteiger partial charge in [0.05, 0.1) is 25.1 Å². The molecule has 1 saturated heterocycles. The normalized spacial score (nSPS) is 25.9. The van der Waals surface area contributed by atoms with Crippen LogP contribution in [0.1, 0.15) is 63.9 Å². The van der Waals surface area contributed by atoms with Crippen molar-refractivity contribution in [1.29, 1.82) is 0 Å². The summed E-state index contributed by atoms with van der Waals surface area (Å²) in [7, 11) is -3.35. The number of amides is 2. The highest BCUT2D eigenvalue weighted by Crippen LogP contribution is 2.44. The van der Waals surface area contributed by atoms with Gasteiger partial charge < -0.3 is 24.7 Å². The Morgan fingerprint density at radius 2 is 1.98 bits per heavy atom. The first-order valence-electron chi connectivity index (χ1n) is 14.7. The van der Waals surface area contributed by atoms with Gasteiger partial charge in [-0.1, -0.05) is 19.4 Å². The topological polar surface area (TPSA) is 163 Å². The first kappa shape index (κ1) is 30.5. The van der Waals surface area contributed by atoms with E-state index in [-0.39, 0.29) is 54.3 Å². The summed E-state index contributed by atoms with van der Waals surface area (Å²) in [6.45, 7) is 1.53. The third-order valence-corrected chi connectivity index (χ3v) is 9.77.